The van der Waals surface area contributed by atoms with Gasteiger partial charge >= 0.3 is 5.97 Å². The van der Waals surface area contributed by atoms with Gasteiger partial charge in [0, 0.05) is 38.1 Å². The maximum atomic E-state index is 12.3. The average molecular weight is 368 g/mol. The van der Waals surface area contributed by atoms with E-state index in [1.807, 2.05) is 19.9 Å². The van der Waals surface area contributed by atoms with Gasteiger partial charge in [-0.15, -0.1) is 0 Å². The highest BCUT2D eigenvalue weighted by atomic mass is 16.4. The Bertz CT molecular complexity index is 773. The minimum atomic E-state index is -0.700. The van der Waals surface area contributed by atoms with Crippen LogP contribution in [0.3, 0.4) is 0 Å². The van der Waals surface area contributed by atoms with Crippen LogP contribution in [0, 0.1) is 36.5 Å². The van der Waals surface area contributed by atoms with E-state index in [9.17, 15) is 15.2 Å². The van der Waals surface area contributed by atoms with Gasteiger partial charge in [-0.05, 0) is 38.3 Å². The maximum absolute atomic E-state index is 12.3. The van der Waals surface area contributed by atoms with Gasteiger partial charge in [0.25, 0.3) is 0 Å². The Morgan fingerprint density at radius 2 is 2.00 bits per heavy atom. The van der Waals surface area contributed by atoms with Gasteiger partial charge in [-0.25, -0.2) is 4.98 Å². The molecular formula is C21H28N4O2. The molecule has 1 aliphatic carbocycles. The highest BCUT2D eigenvalue weighted by molar-refractivity contribution is 5.78. The van der Waals surface area contributed by atoms with E-state index in [0.717, 1.165) is 30.2 Å². The van der Waals surface area contributed by atoms with E-state index in [1.54, 1.807) is 0 Å². The molecule has 0 unspecified atom stereocenters. The zero-order chi connectivity index (χ0) is 19.2. The first-order chi connectivity index (χ1) is 12.9. The fourth-order valence-electron chi connectivity index (χ4n) is 5.45. The van der Waals surface area contributed by atoms with E-state index in [4.69, 9.17) is 0 Å². The van der Waals surface area contributed by atoms with Gasteiger partial charge in [0.2, 0.25) is 0 Å². The fraction of sp³-hybridized carbons (Fsp3) is 0.667. The van der Waals surface area contributed by atoms with Gasteiger partial charge in [0.15, 0.2) is 0 Å². The van der Waals surface area contributed by atoms with E-state index >= 15 is 0 Å². The summed E-state index contributed by atoms with van der Waals surface area (Å²) in [6.07, 6.45) is 6.27. The number of likely N-dealkylation sites (tertiary alicyclic amines) is 1. The third-order valence-electron chi connectivity index (χ3n) is 6.97. The molecule has 2 aliphatic heterocycles. The molecule has 6 heteroatoms. The molecule has 0 radical (unpaired) electrons. The molecule has 1 aromatic heterocycles. The van der Waals surface area contributed by atoms with Crippen LogP contribution < -0.4 is 4.90 Å². The quantitative estimate of drug-likeness (QED) is 0.884. The lowest BCUT2D eigenvalue weighted by Crippen LogP contribution is -2.43. The molecule has 3 heterocycles. The third kappa shape index (κ3) is 2.98. The molecule has 0 spiro atoms. The van der Waals surface area contributed by atoms with Crippen LogP contribution in [0.5, 0.6) is 0 Å². The molecule has 27 heavy (non-hydrogen) atoms. The largest absolute Gasteiger partial charge is 0.481 e. The topological polar surface area (TPSA) is 80.5 Å². The van der Waals surface area contributed by atoms with E-state index in [-0.39, 0.29) is 5.92 Å². The van der Waals surface area contributed by atoms with E-state index in [0.29, 0.717) is 24.7 Å². The molecular weight excluding hydrogens is 340 g/mol. The molecule has 2 atom stereocenters. The summed E-state index contributed by atoms with van der Waals surface area (Å²) in [6, 6.07) is 4.70. The summed E-state index contributed by atoms with van der Waals surface area (Å²) < 4.78 is 0. The number of carboxylic acid groups (broad SMARTS) is 1. The van der Waals surface area contributed by atoms with Crippen LogP contribution in [0.2, 0.25) is 0 Å². The lowest BCUT2D eigenvalue weighted by molar-refractivity contribution is -0.148. The predicted molar refractivity (Wildman–Crippen MR) is 103 cm³/mol. The summed E-state index contributed by atoms with van der Waals surface area (Å²) in [7, 11) is 0. The Morgan fingerprint density at radius 1 is 1.26 bits per heavy atom. The van der Waals surface area contributed by atoms with Crippen LogP contribution in [0.1, 0.15) is 48.9 Å². The smallest absolute Gasteiger partial charge is 0.313 e. The van der Waals surface area contributed by atoms with Gasteiger partial charge in [-0.3, -0.25) is 9.69 Å². The van der Waals surface area contributed by atoms with Crippen molar-refractivity contribution in [3.8, 4) is 6.07 Å². The summed E-state index contributed by atoms with van der Waals surface area (Å²) in [5.41, 5.74) is 1.55. The maximum Gasteiger partial charge on any atom is 0.313 e. The van der Waals surface area contributed by atoms with Crippen molar-refractivity contribution < 1.29 is 9.90 Å². The second-order valence-corrected chi connectivity index (χ2v) is 8.63. The number of carbonyl (C=O) groups is 1. The first-order valence-corrected chi connectivity index (χ1v) is 10.1. The van der Waals surface area contributed by atoms with Crippen molar-refractivity contribution in [2.45, 2.75) is 52.0 Å². The number of aryl methyl sites for hydroxylation is 2. The molecule has 0 aromatic carbocycles. The zero-order valence-electron chi connectivity index (χ0n) is 16.2. The lowest BCUT2D eigenvalue weighted by atomic mass is 9.81. The van der Waals surface area contributed by atoms with Crippen LogP contribution in [-0.2, 0) is 4.79 Å². The lowest BCUT2D eigenvalue weighted by Gasteiger charge is -2.33. The molecule has 1 saturated carbocycles. The van der Waals surface area contributed by atoms with Gasteiger partial charge < -0.3 is 10.0 Å². The standard InChI is InChI=1S/C21H28N4O2/c1-14-8-19(23-15(2)18(14)9-22)25-11-16-10-24(17-6-4-3-5-7-17)12-21(16,13-25)20(26)27/h8,16-17H,3-7,10-13H2,1-2H3,(H,26,27)/t16-,21-/m1/s1. The molecule has 1 aromatic rings. The van der Waals surface area contributed by atoms with Crippen molar-refractivity contribution in [2.24, 2.45) is 11.3 Å². The van der Waals surface area contributed by atoms with E-state index in [1.165, 1.54) is 32.1 Å². The van der Waals surface area contributed by atoms with E-state index in [2.05, 4.69) is 20.9 Å². The second kappa shape index (κ2) is 6.79. The van der Waals surface area contributed by atoms with Crippen LogP contribution in [0.25, 0.3) is 0 Å². The normalized spacial score (nSPS) is 28.9. The molecule has 144 valence electrons. The van der Waals surface area contributed by atoms with Gasteiger partial charge in [-0.2, -0.15) is 5.26 Å². The van der Waals surface area contributed by atoms with Crippen molar-refractivity contribution in [1.29, 1.82) is 5.26 Å². The first-order valence-electron chi connectivity index (χ1n) is 10.1. The Morgan fingerprint density at radius 3 is 2.59 bits per heavy atom. The molecule has 3 aliphatic rings. The molecule has 0 bridgehead atoms. The number of fused-ring (bicyclic) bond motifs is 1. The molecule has 4 rings (SSSR count). The number of pyridine rings is 1. The minimum absolute atomic E-state index is 0.134. The van der Waals surface area contributed by atoms with Gasteiger partial charge in [-0.1, -0.05) is 19.3 Å². The highest BCUT2D eigenvalue weighted by Crippen LogP contribution is 2.46. The van der Waals surface area contributed by atoms with Crippen LogP contribution in [-0.4, -0.2) is 53.2 Å². The number of nitrogens with zero attached hydrogens (tertiary/aromatic N) is 4. The Labute approximate surface area is 160 Å². The molecule has 0 amide bonds. The fourth-order valence-corrected chi connectivity index (χ4v) is 5.45. The van der Waals surface area contributed by atoms with Crippen molar-refractivity contribution in [1.82, 2.24) is 9.88 Å². The number of hydrogen-bond acceptors (Lipinski definition) is 5. The summed E-state index contributed by atoms with van der Waals surface area (Å²) in [4.78, 5) is 21.5. The van der Waals surface area contributed by atoms with E-state index < -0.39 is 11.4 Å². The van der Waals surface area contributed by atoms with Crippen LogP contribution in [0.15, 0.2) is 6.07 Å². The van der Waals surface area contributed by atoms with Gasteiger partial charge in [0.05, 0.1) is 11.3 Å². The number of anilines is 1. The average Bonchev–Trinajstić information content (AvgIpc) is 3.18. The number of aliphatic carboxylic acids is 1. The Hall–Kier alpha value is -2.13. The summed E-state index contributed by atoms with van der Waals surface area (Å²) >= 11 is 0. The Kier molecular flexibility index (Phi) is 4.59. The van der Waals surface area contributed by atoms with Crippen molar-refractivity contribution in [2.75, 3.05) is 31.1 Å². The SMILES string of the molecule is Cc1cc(N2C[C@H]3CN(C4CCCCC4)C[C@@]3(C(=O)O)C2)nc(C)c1C#N. The number of nitriles is 1. The van der Waals surface area contributed by atoms with Crippen LogP contribution in [0.4, 0.5) is 5.82 Å². The minimum Gasteiger partial charge on any atom is -0.481 e. The van der Waals surface area contributed by atoms with Crippen LogP contribution >= 0.6 is 0 Å². The van der Waals surface area contributed by atoms with Gasteiger partial charge in [0.1, 0.15) is 17.3 Å². The monoisotopic (exact) mass is 368 g/mol. The molecule has 6 nitrogen and oxygen atoms in total. The molecule has 1 N–H and O–H groups in total. The van der Waals surface area contributed by atoms with Crippen molar-refractivity contribution in [3.63, 3.8) is 0 Å². The second-order valence-electron chi connectivity index (χ2n) is 8.63. The highest BCUT2D eigenvalue weighted by Gasteiger charge is 2.58. The predicted octanol–water partition coefficient (Wildman–Crippen LogP) is 2.73. The zero-order valence-corrected chi connectivity index (χ0v) is 16.2. The summed E-state index contributed by atoms with van der Waals surface area (Å²) in [5.74, 6) is 0.272. The number of carboxylic acids is 1. The van der Waals surface area contributed by atoms with Crippen molar-refractivity contribution >= 4 is 11.8 Å². The third-order valence-corrected chi connectivity index (χ3v) is 6.97. The first kappa shape index (κ1) is 18.2. The molecule has 2 saturated heterocycles. The number of rotatable bonds is 3. The molecule has 3 fully saturated rings. The Balaban J connectivity index is 1.57. The number of aromatic nitrogens is 1. The van der Waals surface area contributed by atoms with Crippen molar-refractivity contribution in [3.05, 3.63) is 22.9 Å². The number of hydrogen-bond donors (Lipinski definition) is 1. The summed E-state index contributed by atoms with van der Waals surface area (Å²) in [5, 5.41) is 19.4. The summed E-state index contributed by atoms with van der Waals surface area (Å²) in [6.45, 7) is 6.54.